The summed E-state index contributed by atoms with van der Waals surface area (Å²) in [5.74, 6) is 0.879. The van der Waals surface area contributed by atoms with Gasteiger partial charge in [-0.1, -0.05) is 6.07 Å². The maximum absolute atomic E-state index is 5.97. The standard InChI is InChI=1S/C18H27N5O/c1-5-23-14(3)15(13(2)21-23)11-22-9-10-24-17(12-22)16-7-6-8-18(19-4)20-16/h6-8,17H,5,9-12H2,1-4H3,(H,19,20)/t17-/m1/s1. The Labute approximate surface area is 143 Å². The van der Waals surface area contributed by atoms with E-state index in [4.69, 9.17) is 4.74 Å². The Kier molecular flexibility index (Phi) is 5.16. The van der Waals surface area contributed by atoms with Crippen LogP contribution in [0.5, 0.6) is 0 Å². The second kappa shape index (κ2) is 7.32. The molecule has 0 unspecified atom stereocenters. The van der Waals surface area contributed by atoms with E-state index in [0.29, 0.717) is 0 Å². The quantitative estimate of drug-likeness (QED) is 0.913. The lowest BCUT2D eigenvalue weighted by Crippen LogP contribution is -2.38. The van der Waals surface area contributed by atoms with Crippen LogP contribution in [-0.2, 0) is 17.8 Å². The lowest BCUT2D eigenvalue weighted by Gasteiger charge is -2.32. The minimum atomic E-state index is 0.0221. The molecule has 0 radical (unpaired) electrons. The lowest BCUT2D eigenvalue weighted by atomic mass is 10.1. The molecular formula is C18H27N5O. The number of pyridine rings is 1. The fraction of sp³-hybridized carbons (Fsp3) is 0.556. The lowest BCUT2D eigenvalue weighted by molar-refractivity contribution is -0.0350. The van der Waals surface area contributed by atoms with E-state index < -0.39 is 0 Å². The van der Waals surface area contributed by atoms with Crippen LogP contribution in [0.25, 0.3) is 0 Å². The molecule has 0 amide bonds. The van der Waals surface area contributed by atoms with Gasteiger partial charge in [0.1, 0.15) is 11.9 Å². The van der Waals surface area contributed by atoms with Gasteiger partial charge in [0.15, 0.2) is 0 Å². The van der Waals surface area contributed by atoms with Gasteiger partial charge in [-0.15, -0.1) is 0 Å². The molecule has 3 heterocycles. The molecule has 24 heavy (non-hydrogen) atoms. The van der Waals surface area contributed by atoms with Gasteiger partial charge in [0.25, 0.3) is 0 Å². The molecular weight excluding hydrogens is 302 g/mol. The van der Waals surface area contributed by atoms with Crippen molar-refractivity contribution in [2.45, 2.75) is 40.0 Å². The van der Waals surface area contributed by atoms with Crippen LogP contribution in [0, 0.1) is 13.8 Å². The molecule has 1 N–H and O–H groups in total. The van der Waals surface area contributed by atoms with Crippen LogP contribution in [-0.4, -0.2) is 46.4 Å². The van der Waals surface area contributed by atoms with Crippen LogP contribution >= 0.6 is 0 Å². The highest BCUT2D eigenvalue weighted by Gasteiger charge is 2.25. The first kappa shape index (κ1) is 16.9. The Hall–Kier alpha value is -1.92. The van der Waals surface area contributed by atoms with Gasteiger partial charge in [-0.25, -0.2) is 4.98 Å². The molecule has 130 valence electrons. The highest BCUT2D eigenvalue weighted by molar-refractivity contribution is 5.35. The summed E-state index contributed by atoms with van der Waals surface area (Å²) in [6.45, 7) is 10.8. The zero-order valence-electron chi connectivity index (χ0n) is 15.0. The fourth-order valence-electron chi connectivity index (χ4n) is 3.29. The Bertz CT molecular complexity index is 697. The van der Waals surface area contributed by atoms with E-state index in [2.05, 4.69) is 45.8 Å². The number of morpholine rings is 1. The summed E-state index contributed by atoms with van der Waals surface area (Å²) < 4.78 is 8.05. The summed E-state index contributed by atoms with van der Waals surface area (Å²) in [7, 11) is 1.89. The van der Waals surface area contributed by atoms with Crippen LogP contribution in [0.3, 0.4) is 0 Å². The molecule has 0 aromatic carbocycles. The van der Waals surface area contributed by atoms with Gasteiger partial charge >= 0.3 is 0 Å². The SMILES string of the molecule is CCn1nc(C)c(CN2CCO[C@@H](c3cccc(NC)n3)C2)c1C. The van der Waals surface area contributed by atoms with E-state index in [1.54, 1.807) is 0 Å². The third kappa shape index (κ3) is 3.44. The number of ether oxygens (including phenoxy) is 1. The van der Waals surface area contributed by atoms with Crippen molar-refractivity contribution in [1.82, 2.24) is 19.7 Å². The van der Waals surface area contributed by atoms with Gasteiger partial charge in [0.2, 0.25) is 0 Å². The second-order valence-corrected chi connectivity index (χ2v) is 6.26. The van der Waals surface area contributed by atoms with E-state index in [9.17, 15) is 0 Å². The largest absolute Gasteiger partial charge is 0.373 e. The molecule has 1 aliphatic heterocycles. The van der Waals surface area contributed by atoms with E-state index in [0.717, 1.165) is 50.0 Å². The van der Waals surface area contributed by atoms with Crippen molar-refractivity contribution in [1.29, 1.82) is 0 Å². The zero-order valence-corrected chi connectivity index (χ0v) is 15.0. The van der Waals surface area contributed by atoms with Gasteiger partial charge in [0.05, 0.1) is 18.0 Å². The fourth-order valence-corrected chi connectivity index (χ4v) is 3.29. The Morgan fingerprint density at radius 3 is 2.88 bits per heavy atom. The normalized spacial score (nSPS) is 18.8. The van der Waals surface area contributed by atoms with Gasteiger partial charge in [0, 0.05) is 44.5 Å². The molecule has 0 aliphatic carbocycles. The molecule has 1 fully saturated rings. The first-order valence-electron chi connectivity index (χ1n) is 8.64. The smallest absolute Gasteiger partial charge is 0.126 e. The van der Waals surface area contributed by atoms with Gasteiger partial charge in [-0.05, 0) is 32.9 Å². The first-order chi connectivity index (χ1) is 11.6. The van der Waals surface area contributed by atoms with E-state index >= 15 is 0 Å². The van der Waals surface area contributed by atoms with Crippen molar-refractivity contribution in [2.24, 2.45) is 0 Å². The van der Waals surface area contributed by atoms with Crippen LogP contribution in [0.2, 0.25) is 0 Å². The predicted octanol–water partition coefficient (Wildman–Crippen LogP) is 2.53. The summed E-state index contributed by atoms with van der Waals surface area (Å²) in [6, 6.07) is 6.03. The number of aryl methyl sites for hydroxylation is 2. The van der Waals surface area contributed by atoms with Gasteiger partial charge in [-0.3, -0.25) is 9.58 Å². The topological polar surface area (TPSA) is 55.2 Å². The van der Waals surface area contributed by atoms with E-state index in [1.807, 2.05) is 25.2 Å². The maximum Gasteiger partial charge on any atom is 0.126 e. The van der Waals surface area contributed by atoms with Crippen LogP contribution < -0.4 is 5.32 Å². The Morgan fingerprint density at radius 2 is 2.17 bits per heavy atom. The second-order valence-electron chi connectivity index (χ2n) is 6.26. The number of rotatable bonds is 5. The number of hydrogen-bond donors (Lipinski definition) is 1. The maximum atomic E-state index is 5.97. The molecule has 1 aliphatic rings. The van der Waals surface area contributed by atoms with Crippen molar-refractivity contribution in [2.75, 3.05) is 32.1 Å². The molecule has 0 saturated carbocycles. The predicted molar refractivity (Wildman–Crippen MR) is 95.1 cm³/mol. The number of anilines is 1. The number of nitrogens with zero attached hydrogens (tertiary/aromatic N) is 4. The van der Waals surface area contributed by atoms with Gasteiger partial charge in [-0.2, -0.15) is 5.10 Å². The highest BCUT2D eigenvalue weighted by atomic mass is 16.5. The highest BCUT2D eigenvalue weighted by Crippen LogP contribution is 2.24. The summed E-state index contributed by atoms with van der Waals surface area (Å²) in [6.07, 6.45) is 0.0221. The average Bonchev–Trinajstić information content (AvgIpc) is 2.89. The molecule has 3 rings (SSSR count). The van der Waals surface area contributed by atoms with Crippen molar-refractivity contribution in [3.05, 3.63) is 40.8 Å². The van der Waals surface area contributed by atoms with Crippen molar-refractivity contribution in [3.8, 4) is 0 Å². The molecule has 0 spiro atoms. The van der Waals surface area contributed by atoms with Crippen molar-refractivity contribution in [3.63, 3.8) is 0 Å². The molecule has 1 atom stereocenters. The summed E-state index contributed by atoms with van der Waals surface area (Å²) in [4.78, 5) is 7.07. The zero-order chi connectivity index (χ0) is 17.1. The molecule has 0 bridgehead atoms. The van der Waals surface area contributed by atoms with Crippen LogP contribution in [0.4, 0.5) is 5.82 Å². The molecule has 6 heteroatoms. The van der Waals surface area contributed by atoms with Crippen molar-refractivity contribution < 1.29 is 4.74 Å². The van der Waals surface area contributed by atoms with Crippen LogP contribution in [0.1, 0.15) is 35.7 Å². The summed E-state index contributed by atoms with van der Waals surface area (Å²) >= 11 is 0. The minimum Gasteiger partial charge on any atom is -0.373 e. The average molecular weight is 329 g/mol. The third-order valence-electron chi connectivity index (χ3n) is 4.72. The first-order valence-corrected chi connectivity index (χ1v) is 8.64. The van der Waals surface area contributed by atoms with Crippen molar-refractivity contribution >= 4 is 5.82 Å². The summed E-state index contributed by atoms with van der Waals surface area (Å²) in [5.41, 5.74) is 4.74. The number of aromatic nitrogens is 3. The molecule has 2 aromatic rings. The van der Waals surface area contributed by atoms with Crippen LogP contribution in [0.15, 0.2) is 18.2 Å². The van der Waals surface area contributed by atoms with E-state index in [1.165, 1.54) is 11.3 Å². The Morgan fingerprint density at radius 1 is 1.33 bits per heavy atom. The van der Waals surface area contributed by atoms with Gasteiger partial charge < -0.3 is 10.1 Å². The third-order valence-corrected chi connectivity index (χ3v) is 4.72. The number of hydrogen-bond acceptors (Lipinski definition) is 5. The number of nitrogens with one attached hydrogen (secondary N) is 1. The van der Waals surface area contributed by atoms with E-state index in [-0.39, 0.29) is 6.10 Å². The molecule has 6 nitrogen and oxygen atoms in total. The molecule has 2 aromatic heterocycles. The summed E-state index contributed by atoms with van der Waals surface area (Å²) in [5, 5.41) is 7.72. The minimum absolute atomic E-state index is 0.0221. The molecule has 1 saturated heterocycles. The Balaban J connectivity index is 1.73. The monoisotopic (exact) mass is 329 g/mol.